The van der Waals surface area contributed by atoms with E-state index in [0.717, 1.165) is 35.2 Å². The summed E-state index contributed by atoms with van der Waals surface area (Å²) in [5, 5.41) is 2.82. The molecule has 0 saturated carbocycles. The van der Waals surface area contributed by atoms with Crippen LogP contribution in [0, 0.1) is 13.8 Å². The van der Waals surface area contributed by atoms with Crippen LogP contribution in [0.15, 0.2) is 17.6 Å². The fourth-order valence-electron chi connectivity index (χ4n) is 3.39. The normalized spacial score (nSPS) is 15.3. The maximum Gasteiger partial charge on any atom is 0.410 e. The molecule has 1 N–H and O–H groups in total. The van der Waals surface area contributed by atoms with Crippen molar-refractivity contribution in [3.05, 3.63) is 34.6 Å². The molecule has 0 spiro atoms. The molecule has 3 rings (SSSR count). The second kappa shape index (κ2) is 8.01. The largest absolute Gasteiger partial charge is 0.450 e. The first-order chi connectivity index (χ1) is 12.5. The molecule has 3 heterocycles. The number of rotatable bonds is 5. The molecule has 0 atom stereocenters. The van der Waals surface area contributed by atoms with E-state index in [1.807, 2.05) is 29.9 Å². The summed E-state index contributed by atoms with van der Waals surface area (Å²) >= 11 is 1.56. The van der Waals surface area contributed by atoms with Gasteiger partial charge in [0, 0.05) is 28.5 Å². The standard InChI is InChI=1S/C18H24N4O3S/c1-4-25-18(24)21-8-6-20(7-9-21)12-16(23)15-11-13(2)22(14(15)3)17-19-5-10-26-17/h5,10-11H,4,6-9,12H2,1-3H3/p+1. The van der Waals surface area contributed by atoms with E-state index in [2.05, 4.69) is 4.98 Å². The second-order valence-electron chi connectivity index (χ2n) is 6.47. The van der Waals surface area contributed by atoms with Gasteiger partial charge in [0.1, 0.15) is 6.54 Å². The summed E-state index contributed by atoms with van der Waals surface area (Å²) < 4.78 is 7.07. The fourth-order valence-corrected chi connectivity index (χ4v) is 4.14. The first-order valence-electron chi connectivity index (χ1n) is 8.88. The predicted octanol–water partition coefficient (Wildman–Crippen LogP) is 1.09. The highest BCUT2D eigenvalue weighted by atomic mass is 32.1. The number of ether oxygens (including phenoxy) is 1. The van der Waals surface area contributed by atoms with E-state index in [4.69, 9.17) is 4.74 Å². The minimum Gasteiger partial charge on any atom is -0.450 e. The van der Waals surface area contributed by atoms with E-state index in [9.17, 15) is 9.59 Å². The number of nitrogens with one attached hydrogen (secondary N) is 1. The number of nitrogens with zero attached hydrogens (tertiary/aromatic N) is 3. The lowest BCUT2D eigenvalue weighted by Crippen LogP contribution is -3.15. The topological polar surface area (TPSA) is 68.9 Å². The smallest absolute Gasteiger partial charge is 0.410 e. The lowest BCUT2D eigenvalue weighted by atomic mass is 10.1. The number of amides is 1. The van der Waals surface area contributed by atoms with E-state index in [-0.39, 0.29) is 11.9 Å². The number of thiazole rings is 1. The van der Waals surface area contributed by atoms with Crippen molar-refractivity contribution >= 4 is 23.2 Å². The second-order valence-corrected chi connectivity index (χ2v) is 7.34. The quantitative estimate of drug-likeness (QED) is 0.792. The maximum atomic E-state index is 12.8. The molecule has 0 aromatic carbocycles. The Kier molecular flexibility index (Phi) is 5.73. The van der Waals surface area contributed by atoms with Crippen molar-refractivity contribution < 1.29 is 19.2 Å². The number of ketones is 1. The molecule has 0 bridgehead atoms. The Morgan fingerprint density at radius 3 is 2.65 bits per heavy atom. The highest BCUT2D eigenvalue weighted by molar-refractivity contribution is 7.12. The molecule has 0 unspecified atom stereocenters. The summed E-state index contributed by atoms with van der Waals surface area (Å²) in [5.41, 5.74) is 2.72. The molecule has 0 aliphatic carbocycles. The van der Waals surface area contributed by atoms with E-state index in [1.165, 1.54) is 4.90 Å². The molecular weight excluding hydrogens is 352 g/mol. The van der Waals surface area contributed by atoms with Crippen molar-refractivity contribution in [1.82, 2.24) is 14.5 Å². The SMILES string of the molecule is CCOC(=O)N1CC[NH+](CC(=O)c2cc(C)n(-c3nccs3)c2C)CC1. The molecule has 8 heteroatoms. The summed E-state index contributed by atoms with van der Waals surface area (Å²) in [6, 6.07) is 1.95. The molecule has 0 radical (unpaired) electrons. The number of hydrogen-bond acceptors (Lipinski definition) is 5. The van der Waals surface area contributed by atoms with Crippen LogP contribution in [0.4, 0.5) is 4.79 Å². The molecule has 140 valence electrons. The van der Waals surface area contributed by atoms with E-state index in [1.54, 1.807) is 29.4 Å². The number of hydrogen-bond donors (Lipinski definition) is 1. The molecule has 1 aliphatic heterocycles. The Labute approximate surface area is 157 Å². The van der Waals surface area contributed by atoms with Gasteiger partial charge in [-0.05, 0) is 26.8 Å². The Bertz CT molecular complexity index is 777. The first-order valence-corrected chi connectivity index (χ1v) is 9.76. The van der Waals surface area contributed by atoms with Gasteiger partial charge in [0.25, 0.3) is 0 Å². The van der Waals surface area contributed by atoms with Gasteiger partial charge in [-0.1, -0.05) is 0 Å². The van der Waals surface area contributed by atoms with Gasteiger partial charge < -0.3 is 9.64 Å². The van der Waals surface area contributed by atoms with Crippen molar-refractivity contribution in [2.45, 2.75) is 20.8 Å². The van der Waals surface area contributed by atoms with Gasteiger partial charge in [-0.15, -0.1) is 11.3 Å². The number of quaternary nitrogens is 1. The minimum atomic E-state index is -0.259. The summed E-state index contributed by atoms with van der Waals surface area (Å²) in [4.78, 5) is 31.9. The van der Waals surface area contributed by atoms with Gasteiger partial charge in [-0.3, -0.25) is 14.3 Å². The van der Waals surface area contributed by atoms with Gasteiger partial charge in [0.2, 0.25) is 5.78 Å². The number of aromatic nitrogens is 2. The molecule has 26 heavy (non-hydrogen) atoms. The number of carbonyl (C=O) groups excluding carboxylic acids is 2. The van der Waals surface area contributed by atoms with E-state index >= 15 is 0 Å². The summed E-state index contributed by atoms with van der Waals surface area (Å²) in [6.07, 6.45) is 1.51. The Hall–Kier alpha value is -2.19. The number of carbonyl (C=O) groups is 2. The zero-order valence-corrected chi connectivity index (χ0v) is 16.3. The van der Waals surface area contributed by atoms with Crippen LogP contribution in [-0.4, -0.2) is 65.7 Å². The van der Waals surface area contributed by atoms with Crippen LogP contribution in [0.25, 0.3) is 5.13 Å². The minimum absolute atomic E-state index is 0.139. The van der Waals surface area contributed by atoms with Crippen LogP contribution in [0.5, 0.6) is 0 Å². The lowest BCUT2D eigenvalue weighted by Gasteiger charge is -2.31. The van der Waals surface area contributed by atoms with Crippen molar-refractivity contribution in [3.63, 3.8) is 0 Å². The highest BCUT2D eigenvalue weighted by Gasteiger charge is 2.27. The third-order valence-electron chi connectivity index (χ3n) is 4.75. The van der Waals surface area contributed by atoms with Crippen molar-refractivity contribution in [2.75, 3.05) is 39.3 Å². The van der Waals surface area contributed by atoms with Crippen LogP contribution in [0.2, 0.25) is 0 Å². The summed E-state index contributed by atoms with van der Waals surface area (Å²) in [5.74, 6) is 0.139. The fraction of sp³-hybridized carbons (Fsp3) is 0.500. The predicted molar refractivity (Wildman–Crippen MR) is 99.4 cm³/mol. The van der Waals surface area contributed by atoms with Gasteiger partial charge in [-0.25, -0.2) is 9.78 Å². The van der Waals surface area contributed by atoms with Gasteiger partial charge in [0.15, 0.2) is 5.13 Å². The zero-order chi connectivity index (χ0) is 18.7. The molecule has 2 aromatic heterocycles. The number of piperazine rings is 1. The van der Waals surface area contributed by atoms with Crippen LogP contribution in [0.3, 0.4) is 0 Å². The molecule has 2 aromatic rings. The van der Waals surface area contributed by atoms with Gasteiger partial charge >= 0.3 is 6.09 Å². The molecule has 1 saturated heterocycles. The lowest BCUT2D eigenvalue weighted by molar-refractivity contribution is -0.895. The van der Waals surface area contributed by atoms with Gasteiger partial charge in [0.05, 0.1) is 32.8 Å². The van der Waals surface area contributed by atoms with Crippen LogP contribution in [0.1, 0.15) is 28.7 Å². The van der Waals surface area contributed by atoms with Gasteiger partial charge in [-0.2, -0.15) is 0 Å². The first kappa shape index (κ1) is 18.6. The Balaban J connectivity index is 1.63. The highest BCUT2D eigenvalue weighted by Crippen LogP contribution is 2.22. The monoisotopic (exact) mass is 377 g/mol. The molecule has 1 fully saturated rings. The van der Waals surface area contributed by atoms with Crippen molar-refractivity contribution in [2.24, 2.45) is 0 Å². The Morgan fingerprint density at radius 2 is 2.04 bits per heavy atom. The van der Waals surface area contributed by atoms with Crippen LogP contribution in [-0.2, 0) is 4.74 Å². The van der Waals surface area contributed by atoms with Crippen molar-refractivity contribution in [1.29, 1.82) is 0 Å². The average Bonchev–Trinajstić information content (AvgIpc) is 3.23. The van der Waals surface area contributed by atoms with Crippen LogP contribution < -0.4 is 4.90 Å². The number of Topliss-reactive ketones (excluding diaryl/α,β-unsaturated/α-hetero) is 1. The molecule has 1 amide bonds. The maximum absolute atomic E-state index is 12.8. The summed E-state index contributed by atoms with van der Waals surface area (Å²) in [7, 11) is 0. The average molecular weight is 377 g/mol. The number of aryl methyl sites for hydroxylation is 1. The summed E-state index contributed by atoms with van der Waals surface area (Å²) in [6.45, 7) is 9.37. The third kappa shape index (κ3) is 3.81. The van der Waals surface area contributed by atoms with E-state index < -0.39 is 0 Å². The Morgan fingerprint density at radius 1 is 1.31 bits per heavy atom. The van der Waals surface area contributed by atoms with E-state index in [0.29, 0.717) is 26.2 Å². The molecule has 1 aliphatic rings. The third-order valence-corrected chi connectivity index (χ3v) is 5.51. The van der Waals surface area contributed by atoms with Crippen molar-refractivity contribution in [3.8, 4) is 5.13 Å². The zero-order valence-electron chi connectivity index (χ0n) is 15.4. The molecular formula is C18H25N4O3S+. The molecule has 7 nitrogen and oxygen atoms in total. The van der Waals surface area contributed by atoms with Crippen LogP contribution >= 0.6 is 11.3 Å².